The fourth-order valence-electron chi connectivity index (χ4n) is 4.14. The zero-order valence-electron chi connectivity index (χ0n) is 23.0. The van der Waals surface area contributed by atoms with Crippen LogP contribution in [0.25, 0.3) is 11.3 Å². The highest BCUT2D eigenvalue weighted by atomic mass is 32.2. The highest BCUT2D eigenvalue weighted by Gasteiger charge is 2.29. The van der Waals surface area contributed by atoms with Gasteiger partial charge in [0, 0.05) is 33.1 Å². The summed E-state index contributed by atoms with van der Waals surface area (Å²) >= 11 is 0. The number of aliphatic hydroxyl groups is 1. The average Bonchev–Trinajstić information content (AvgIpc) is 3.43. The molecular formula is C28H33N5O8S. The Morgan fingerprint density at radius 1 is 1.12 bits per heavy atom. The summed E-state index contributed by atoms with van der Waals surface area (Å²) in [5, 5.41) is 31.0. The van der Waals surface area contributed by atoms with Crippen LogP contribution in [0.5, 0.6) is 0 Å². The third-order valence-corrected chi connectivity index (χ3v) is 7.41. The van der Waals surface area contributed by atoms with E-state index in [0.717, 1.165) is 11.1 Å². The summed E-state index contributed by atoms with van der Waals surface area (Å²) in [5.74, 6) is -3.34. The van der Waals surface area contributed by atoms with E-state index in [9.17, 15) is 38.8 Å². The Morgan fingerprint density at radius 3 is 2.36 bits per heavy atom. The predicted molar refractivity (Wildman–Crippen MR) is 152 cm³/mol. The number of carbonyl (C=O) groups excluding carboxylic acids is 3. The van der Waals surface area contributed by atoms with Gasteiger partial charge in [-0.2, -0.15) is 0 Å². The van der Waals surface area contributed by atoms with Crippen molar-refractivity contribution in [1.82, 2.24) is 20.0 Å². The molecule has 0 bridgehead atoms. The van der Waals surface area contributed by atoms with E-state index in [4.69, 9.17) is 0 Å². The average molecular weight is 600 g/mol. The van der Waals surface area contributed by atoms with Gasteiger partial charge in [0.1, 0.15) is 6.33 Å². The number of hydroxylamine groups is 2. The number of imidazole rings is 1. The van der Waals surface area contributed by atoms with Crippen molar-refractivity contribution in [2.24, 2.45) is 5.92 Å². The molecule has 5 N–H and O–H groups in total. The Bertz CT molecular complexity index is 1410. The van der Waals surface area contributed by atoms with Crippen LogP contribution >= 0.6 is 0 Å². The highest BCUT2D eigenvalue weighted by Crippen LogP contribution is 2.20. The second kappa shape index (κ2) is 15.0. The van der Waals surface area contributed by atoms with Gasteiger partial charge in [-0.05, 0) is 56.0 Å². The molecule has 0 spiro atoms. The molecule has 0 saturated heterocycles. The second-order valence-electron chi connectivity index (χ2n) is 9.66. The fourth-order valence-corrected chi connectivity index (χ4v) is 4.66. The quantitative estimate of drug-likeness (QED) is 0.0976. The number of benzene rings is 2. The van der Waals surface area contributed by atoms with Crippen LogP contribution in [0.1, 0.15) is 35.7 Å². The summed E-state index contributed by atoms with van der Waals surface area (Å²) in [6.45, 7) is 0.907. The minimum absolute atomic E-state index is 0.156. The molecule has 0 radical (unpaired) electrons. The molecule has 3 rings (SSSR count). The molecule has 2 aromatic carbocycles. The minimum atomic E-state index is -1.52. The van der Waals surface area contributed by atoms with Gasteiger partial charge < -0.3 is 15.5 Å². The van der Waals surface area contributed by atoms with Crippen LogP contribution in [0.15, 0.2) is 66.0 Å². The van der Waals surface area contributed by atoms with Gasteiger partial charge in [0.25, 0.3) is 5.91 Å². The molecule has 3 aromatic rings. The number of hydrogen-bond acceptors (Lipinski definition) is 8. The minimum Gasteiger partial charge on any atom is -0.480 e. The molecule has 42 heavy (non-hydrogen) atoms. The number of rotatable bonds is 15. The number of aryl methyl sites for hydroxylation is 1. The van der Waals surface area contributed by atoms with Crippen LogP contribution in [0.2, 0.25) is 0 Å². The van der Waals surface area contributed by atoms with Gasteiger partial charge >= 0.3 is 5.97 Å². The zero-order chi connectivity index (χ0) is 30.8. The monoisotopic (exact) mass is 599 g/mol. The predicted octanol–water partition coefficient (Wildman–Crippen LogP) is 1.41. The third-order valence-electron chi connectivity index (χ3n) is 6.48. The number of carboxylic acids is 1. The number of amides is 3. The number of nitrogens with one attached hydrogen (secondary N) is 2. The van der Waals surface area contributed by atoms with Gasteiger partial charge in [0.05, 0.1) is 30.5 Å². The van der Waals surface area contributed by atoms with E-state index in [1.165, 1.54) is 17.9 Å². The van der Waals surface area contributed by atoms with E-state index in [0.29, 0.717) is 34.1 Å². The normalized spacial score (nSPS) is 13.8. The van der Waals surface area contributed by atoms with Crippen LogP contribution in [0, 0.1) is 5.92 Å². The molecule has 0 saturated carbocycles. The van der Waals surface area contributed by atoms with E-state index >= 15 is 0 Å². The van der Waals surface area contributed by atoms with E-state index in [-0.39, 0.29) is 25.3 Å². The number of carbonyl (C=O) groups is 4. The van der Waals surface area contributed by atoms with Crippen LogP contribution < -0.4 is 10.7 Å². The van der Waals surface area contributed by atoms with Crippen molar-refractivity contribution in [3.05, 3.63) is 72.2 Å². The summed E-state index contributed by atoms with van der Waals surface area (Å²) in [4.78, 5) is 52.3. The maximum absolute atomic E-state index is 12.7. The third kappa shape index (κ3) is 9.06. The van der Waals surface area contributed by atoms with Crippen molar-refractivity contribution >= 4 is 35.0 Å². The maximum atomic E-state index is 12.7. The Labute approximate surface area is 244 Å². The molecule has 13 nitrogen and oxygen atoms in total. The first-order valence-corrected chi connectivity index (χ1v) is 14.5. The van der Waals surface area contributed by atoms with Gasteiger partial charge in [0.15, 0.2) is 6.04 Å². The number of aliphatic hydroxyl groups excluding tert-OH is 1. The lowest BCUT2D eigenvalue weighted by atomic mass is 9.97. The molecule has 1 aromatic heterocycles. The van der Waals surface area contributed by atoms with Gasteiger partial charge in [-0.15, -0.1) is 0 Å². The fraction of sp³-hybridized carbons (Fsp3) is 0.321. The first-order valence-electron chi connectivity index (χ1n) is 13.0. The number of carboxylic acid groups (broad SMARTS) is 1. The molecule has 0 aliphatic heterocycles. The van der Waals surface area contributed by atoms with Crippen molar-refractivity contribution in [3.63, 3.8) is 0 Å². The molecule has 4 atom stereocenters. The highest BCUT2D eigenvalue weighted by molar-refractivity contribution is 7.84. The summed E-state index contributed by atoms with van der Waals surface area (Å²) in [6.07, 6.45) is 4.81. The first kappa shape index (κ1) is 32.1. The van der Waals surface area contributed by atoms with Crippen LogP contribution in [-0.4, -0.2) is 83.5 Å². The SMILES string of the molecule is C[C@@H](O)[C@H](NC(=O)[C@H](CCCc1ccc(-c2cn(NC(=O)c3ccc(S(C)=O)cc3)cn2)cc1)CN(O)C=O)C(=O)O. The lowest BCUT2D eigenvalue weighted by molar-refractivity contribution is -0.156. The maximum Gasteiger partial charge on any atom is 0.328 e. The molecule has 224 valence electrons. The van der Waals surface area contributed by atoms with Crippen molar-refractivity contribution < 1.29 is 38.8 Å². The van der Waals surface area contributed by atoms with E-state index in [1.54, 1.807) is 36.7 Å². The summed E-state index contributed by atoms with van der Waals surface area (Å²) < 4.78 is 13.0. The Balaban J connectivity index is 1.57. The summed E-state index contributed by atoms with van der Waals surface area (Å²) in [7, 11) is -1.13. The van der Waals surface area contributed by atoms with Gasteiger partial charge in [0.2, 0.25) is 12.3 Å². The molecule has 14 heteroatoms. The molecule has 3 amide bonds. The molecule has 1 heterocycles. The molecule has 0 aliphatic rings. The number of aromatic nitrogens is 2. The number of nitrogens with zero attached hydrogens (tertiary/aromatic N) is 3. The standard InChI is InChI=1S/C28H33N5O8S/c1-18(35)25(28(38)39)30-26(36)22(14-33(40)17-34)5-3-4-19-6-8-20(9-7-19)24-15-32(16-29-24)31-27(37)21-10-12-23(13-11-21)42(2)41/h6-13,15-18,22,25,35,40H,3-5,14H2,1-2H3,(H,30,36)(H,31,37)(H,38,39)/t18-,22-,25+,42?/m1/s1. The Kier molecular flexibility index (Phi) is 11.5. The van der Waals surface area contributed by atoms with Crippen LogP contribution in [-0.2, 0) is 31.6 Å². The van der Waals surface area contributed by atoms with Crippen molar-refractivity contribution in [3.8, 4) is 11.3 Å². The first-order chi connectivity index (χ1) is 20.0. The molecular weight excluding hydrogens is 566 g/mol. The lowest BCUT2D eigenvalue weighted by Crippen LogP contribution is -2.50. The number of aliphatic carboxylic acids is 1. The van der Waals surface area contributed by atoms with Crippen molar-refractivity contribution in [2.75, 3.05) is 18.2 Å². The lowest BCUT2D eigenvalue weighted by Gasteiger charge is -2.23. The van der Waals surface area contributed by atoms with E-state index < -0.39 is 40.7 Å². The van der Waals surface area contributed by atoms with E-state index in [1.807, 2.05) is 24.3 Å². The largest absolute Gasteiger partial charge is 0.480 e. The van der Waals surface area contributed by atoms with Gasteiger partial charge in [-0.25, -0.2) is 19.5 Å². The van der Waals surface area contributed by atoms with Crippen molar-refractivity contribution in [2.45, 2.75) is 43.2 Å². The molecule has 1 unspecified atom stereocenters. The summed E-state index contributed by atoms with van der Waals surface area (Å²) in [6, 6.07) is 12.5. The topological polar surface area (TPSA) is 191 Å². The van der Waals surface area contributed by atoms with Crippen LogP contribution in [0.3, 0.4) is 0 Å². The summed E-state index contributed by atoms with van der Waals surface area (Å²) in [5.41, 5.74) is 5.50. The van der Waals surface area contributed by atoms with Crippen LogP contribution in [0.4, 0.5) is 0 Å². The Hall–Kier alpha value is -4.40. The Morgan fingerprint density at radius 2 is 1.79 bits per heavy atom. The molecule has 0 fully saturated rings. The smallest absolute Gasteiger partial charge is 0.328 e. The van der Waals surface area contributed by atoms with E-state index in [2.05, 4.69) is 15.7 Å². The van der Waals surface area contributed by atoms with Crippen molar-refractivity contribution in [1.29, 1.82) is 0 Å². The van der Waals surface area contributed by atoms with Gasteiger partial charge in [-0.3, -0.25) is 29.2 Å². The molecule has 0 aliphatic carbocycles. The number of hydrogen-bond donors (Lipinski definition) is 5. The van der Waals surface area contributed by atoms with Gasteiger partial charge in [-0.1, -0.05) is 24.3 Å². The second-order valence-corrected chi connectivity index (χ2v) is 11.0. The zero-order valence-corrected chi connectivity index (χ0v) is 23.9.